The van der Waals surface area contributed by atoms with Gasteiger partial charge in [-0.25, -0.2) is 4.98 Å². The Morgan fingerprint density at radius 3 is 2.14 bits per heavy atom. The second-order valence-electron chi connectivity index (χ2n) is 14.1. The van der Waals surface area contributed by atoms with Crippen molar-refractivity contribution in [2.45, 2.75) is 85.0 Å². The van der Waals surface area contributed by atoms with Crippen LogP contribution in [0.25, 0.3) is 22.4 Å². The minimum atomic E-state index is -0.199. The first-order chi connectivity index (χ1) is 20.6. The van der Waals surface area contributed by atoms with Gasteiger partial charge in [-0.1, -0.05) is 41.5 Å². The van der Waals surface area contributed by atoms with Gasteiger partial charge in [0, 0.05) is 59.4 Å². The summed E-state index contributed by atoms with van der Waals surface area (Å²) in [7, 11) is 3.56. The van der Waals surface area contributed by atoms with Crippen molar-refractivity contribution in [3.8, 4) is 33.9 Å². The molecule has 1 saturated heterocycles. The molecule has 1 aliphatic rings. The minimum Gasteiger partial charge on any atom is -0.507 e. The predicted octanol–water partition coefficient (Wildman–Crippen LogP) is 8.16. The highest BCUT2D eigenvalue weighted by Crippen LogP contribution is 2.43. The molecule has 0 bridgehead atoms. The zero-order chi connectivity index (χ0) is 32.1. The zero-order valence-corrected chi connectivity index (χ0v) is 28.6. The van der Waals surface area contributed by atoms with Crippen molar-refractivity contribution in [2.24, 2.45) is 7.05 Å². The molecule has 5 rings (SSSR count). The summed E-state index contributed by atoms with van der Waals surface area (Å²) >= 11 is 1.70. The zero-order valence-electron chi connectivity index (χ0n) is 27.8. The maximum absolute atomic E-state index is 14.0. The quantitative estimate of drug-likeness (QED) is 0.245. The van der Waals surface area contributed by atoms with Gasteiger partial charge in [-0.2, -0.15) is 5.10 Å². The second kappa shape index (κ2) is 11.7. The van der Waals surface area contributed by atoms with Gasteiger partial charge in [-0.3, -0.25) is 9.48 Å². The van der Waals surface area contributed by atoms with Crippen molar-refractivity contribution in [1.29, 1.82) is 0 Å². The van der Waals surface area contributed by atoms with Crippen molar-refractivity contribution in [1.82, 2.24) is 19.7 Å². The van der Waals surface area contributed by atoms with Gasteiger partial charge in [-0.05, 0) is 73.4 Å². The van der Waals surface area contributed by atoms with E-state index in [-0.39, 0.29) is 16.7 Å². The Morgan fingerprint density at radius 2 is 1.61 bits per heavy atom. The van der Waals surface area contributed by atoms with Gasteiger partial charge in [0.15, 0.2) is 0 Å². The number of nitrogens with zero attached hydrogens (tertiary/aromatic N) is 4. The Balaban J connectivity index is 1.37. The maximum atomic E-state index is 14.0. The Labute approximate surface area is 265 Å². The fourth-order valence-electron chi connectivity index (χ4n) is 6.24. The first-order valence-corrected chi connectivity index (χ1v) is 16.3. The van der Waals surface area contributed by atoms with Gasteiger partial charge in [0.2, 0.25) is 0 Å². The Kier molecular flexibility index (Phi) is 8.44. The average molecular weight is 615 g/mol. The van der Waals surface area contributed by atoms with Crippen LogP contribution in [-0.2, 0) is 17.9 Å². The molecule has 3 heterocycles. The number of aromatic hydroxyl groups is 1. The third kappa shape index (κ3) is 6.01. The topological polar surface area (TPSA) is 80.5 Å². The van der Waals surface area contributed by atoms with Crippen LogP contribution in [0.15, 0.2) is 35.7 Å². The van der Waals surface area contributed by atoms with Crippen LogP contribution >= 0.6 is 11.3 Å². The third-order valence-electron chi connectivity index (χ3n) is 8.91. The summed E-state index contributed by atoms with van der Waals surface area (Å²) in [4.78, 5) is 21.1. The number of thiazole rings is 1. The number of aryl methyl sites for hydroxylation is 2. The summed E-state index contributed by atoms with van der Waals surface area (Å²) in [5.41, 5.74) is 7.94. The molecule has 234 valence electrons. The summed E-state index contributed by atoms with van der Waals surface area (Å²) in [5.74, 6) is 1.37. The fourth-order valence-corrected chi connectivity index (χ4v) is 7.24. The van der Waals surface area contributed by atoms with E-state index in [1.165, 1.54) is 0 Å². The monoisotopic (exact) mass is 614 g/mol. The van der Waals surface area contributed by atoms with Crippen LogP contribution in [0.2, 0.25) is 0 Å². The number of piperidine rings is 1. The summed E-state index contributed by atoms with van der Waals surface area (Å²) in [5, 5.41) is 19.0. The highest BCUT2D eigenvalue weighted by Gasteiger charge is 2.30. The van der Waals surface area contributed by atoms with Crippen LogP contribution in [0, 0.1) is 13.8 Å². The van der Waals surface area contributed by atoms with Crippen LogP contribution in [0.4, 0.5) is 0 Å². The van der Waals surface area contributed by atoms with E-state index in [1.807, 2.05) is 48.7 Å². The van der Waals surface area contributed by atoms with E-state index in [0.29, 0.717) is 36.1 Å². The van der Waals surface area contributed by atoms with E-state index in [1.54, 1.807) is 18.4 Å². The van der Waals surface area contributed by atoms with Crippen molar-refractivity contribution in [3.63, 3.8) is 0 Å². The standard InChI is InChI=1S/C36H46N4O3S/c1-21-31(22(2)39(9)38-21)26-12-11-25(43-10)19-27(26)34(42)40-15-13-23(14-16-40)33-37-30(20-44-33)24-17-28(35(3,4)5)32(41)29(18-24)36(6,7)8/h11-12,17-20,23,41H,13-16H2,1-10H3. The molecule has 0 aliphatic carbocycles. The van der Waals surface area contributed by atoms with Gasteiger partial charge in [0.1, 0.15) is 11.5 Å². The van der Waals surface area contributed by atoms with Crippen molar-refractivity contribution in [2.75, 3.05) is 20.2 Å². The Hall–Kier alpha value is -3.65. The van der Waals surface area contributed by atoms with Crippen LogP contribution in [0.1, 0.15) is 98.2 Å². The average Bonchev–Trinajstić information content (AvgIpc) is 3.55. The molecule has 1 aliphatic heterocycles. The number of likely N-dealkylation sites (tertiary alicyclic amines) is 1. The highest BCUT2D eigenvalue weighted by molar-refractivity contribution is 7.10. The van der Waals surface area contributed by atoms with E-state index < -0.39 is 0 Å². The molecule has 1 N–H and O–H groups in total. The number of rotatable bonds is 5. The number of benzene rings is 2. The van der Waals surface area contributed by atoms with Crippen molar-refractivity contribution >= 4 is 17.2 Å². The fraction of sp³-hybridized carbons (Fsp3) is 0.472. The van der Waals surface area contributed by atoms with Crippen LogP contribution in [-0.4, -0.2) is 50.9 Å². The molecule has 0 radical (unpaired) electrons. The molecular formula is C36H46N4O3S. The smallest absolute Gasteiger partial charge is 0.254 e. The molecule has 0 unspecified atom stereocenters. The van der Waals surface area contributed by atoms with Gasteiger partial charge < -0.3 is 14.7 Å². The molecular weight excluding hydrogens is 568 g/mol. The molecule has 0 saturated carbocycles. The van der Waals surface area contributed by atoms with E-state index >= 15 is 0 Å². The molecule has 0 spiro atoms. The van der Waals surface area contributed by atoms with Crippen LogP contribution < -0.4 is 4.74 Å². The number of methoxy groups -OCH3 is 1. The summed E-state index contributed by atoms with van der Waals surface area (Å²) in [6, 6.07) is 9.95. The van der Waals surface area contributed by atoms with E-state index in [2.05, 4.69) is 64.2 Å². The van der Waals surface area contributed by atoms with Gasteiger partial charge >= 0.3 is 0 Å². The third-order valence-corrected chi connectivity index (χ3v) is 9.92. The van der Waals surface area contributed by atoms with E-state index in [4.69, 9.17) is 9.72 Å². The van der Waals surface area contributed by atoms with Gasteiger partial charge in [0.05, 0.1) is 29.1 Å². The molecule has 44 heavy (non-hydrogen) atoms. The molecule has 2 aromatic carbocycles. The highest BCUT2D eigenvalue weighted by atomic mass is 32.1. The number of phenolic OH excluding ortho intramolecular Hbond substituents is 1. The van der Waals surface area contributed by atoms with E-state index in [0.717, 1.165) is 62.7 Å². The van der Waals surface area contributed by atoms with Crippen molar-refractivity contribution in [3.05, 3.63) is 68.8 Å². The maximum Gasteiger partial charge on any atom is 0.254 e. The molecule has 1 amide bonds. The summed E-state index contributed by atoms with van der Waals surface area (Å²) in [6.45, 7) is 18.2. The lowest BCUT2D eigenvalue weighted by atomic mass is 9.78. The molecule has 0 atom stereocenters. The SMILES string of the molecule is COc1ccc(-c2c(C)nn(C)c2C)c(C(=O)N2CCC(c3nc(-c4cc(C(C)(C)C)c(O)c(C(C)(C)C)c4)cs3)CC2)c1. The number of phenols is 1. The molecule has 1 fully saturated rings. The molecule has 7 nitrogen and oxygen atoms in total. The predicted molar refractivity (Wildman–Crippen MR) is 179 cm³/mol. The first-order valence-electron chi connectivity index (χ1n) is 15.4. The number of aromatic nitrogens is 3. The van der Waals surface area contributed by atoms with Gasteiger partial charge in [0.25, 0.3) is 5.91 Å². The number of carbonyl (C=O) groups excluding carboxylic acids is 1. The lowest BCUT2D eigenvalue weighted by Gasteiger charge is -2.32. The second-order valence-corrected chi connectivity index (χ2v) is 15.0. The first kappa shape index (κ1) is 31.8. The molecule has 8 heteroatoms. The normalized spacial score (nSPS) is 14.7. The van der Waals surface area contributed by atoms with Crippen LogP contribution in [0.3, 0.4) is 0 Å². The molecule has 2 aromatic heterocycles. The molecule has 4 aromatic rings. The number of amides is 1. The summed E-state index contributed by atoms with van der Waals surface area (Å²) < 4.78 is 7.37. The number of hydrogen-bond acceptors (Lipinski definition) is 6. The Morgan fingerprint density at radius 1 is 1.00 bits per heavy atom. The van der Waals surface area contributed by atoms with Crippen LogP contribution in [0.5, 0.6) is 11.5 Å². The Bertz CT molecular complexity index is 1660. The van der Waals surface area contributed by atoms with Gasteiger partial charge in [-0.15, -0.1) is 11.3 Å². The number of carbonyl (C=O) groups is 1. The minimum absolute atomic E-state index is 0.0216. The number of ether oxygens (including phenoxy) is 1. The summed E-state index contributed by atoms with van der Waals surface area (Å²) in [6.07, 6.45) is 1.72. The number of hydrogen-bond donors (Lipinski definition) is 1. The van der Waals surface area contributed by atoms with E-state index in [9.17, 15) is 9.90 Å². The van der Waals surface area contributed by atoms with Crippen molar-refractivity contribution < 1.29 is 14.6 Å². The largest absolute Gasteiger partial charge is 0.507 e. The lowest BCUT2D eigenvalue weighted by Crippen LogP contribution is -2.38. The lowest BCUT2D eigenvalue weighted by molar-refractivity contribution is 0.0713.